The summed E-state index contributed by atoms with van der Waals surface area (Å²) in [5.74, 6) is 0.121. The van der Waals surface area contributed by atoms with Gasteiger partial charge in [-0.3, -0.25) is 0 Å². The maximum Gasteiger partial charge on any atom is 0.156 e. The van der Waals surface area contributed by atoms with Gasteiger partial charge >= 0.3 is 0 Å². The summed E-state index contributed by atoms with van der Waals surface area (Å²) in [6, 6.07) is 5.13. The monoisotopic (exact) mass is 276 g/mol. The molecule has 1 fully saturated rings. The predicted molar refractivity (Wildman–Crippen MR) is 65.3 cm³/mol. The minimum absolute atomic E-state index is 0.153. The minimum Gasteiger partial charge on any atom is -0.486 e. The number of aliphatic hydroxyl groups is 1. The average Bonchev–Trinajstić information content (AvgIpc) is 2.46. The summed E-state index contributed by atoms with van der Waals surface area (Å²) in [7, 11) is -3.20. The number of rotatable bonds is 2. The van der Waals surface area contributed by atoms with Crippen molar-refractivity contribution >= 4 is 21.4 Å². The third-order valence-electron chi connectivity index (χ3n) is 2.70. The molecule has 6 heteroatoms. The van der Waals surface area contributed by atoms with E-state index in [1.807, 2.05) is 6.92 Å². The van der Waals surface area contributed by atoms with E-state index in [4.69, 9.17) is 16.3 Å². The molecule has 1 aliphatic rings. The van der Waals surface area contributed by atoms with Crippen molar-refractivity contribution in [3.63, 3.8) is 0 Å². The summed E-state index contributed by atoms with van der Waals surface area (Å²) >= 11 is 5.83. The van der Waals surface area contributed by atoms with Crippen LogP contribution < -0.4 is 4.74 Å². The molecule has 0 spiro atoms. The largest absolute Gasteiger partial charge is 0.486 e. The smallest absolute Gasteiger partial charge is 0.156 e. The number of benzene rings is 1. The molecule has 0 saturated carbocycles. The van der Waals surface area contributed by atoms with Crippen molar-refractivity contribution < 1.29 is 18.3 Å². The SMILES string of the molecule is Cc1ccc(Cl)cc1OC1CS(=O)(=O)CC1O. The fraction of sp³-hybridized carbons (Fsp3) is 0.455. The molecular formula is C11H13ClO4S. The van der Waals surface area contributed by atoms with Crippen LogP contribution in [0.15, 0.2) is 18.2 Å². The van der Waals surface area contributed by atoms with Crippen LogP contribution in [0, 0.1) is 6.92 Å². The maximum absolute atomic E-state index is 11.3. The lowest BCUT2D eigenvalue weighted by Gasteiger charge is -2.17. The summed E-state index contributed by atoms with van der Waals surface area (Å²) in [5.41, 5.74) is 0.853. The van der Waals surface area contributed by atoms with Gasteiger partial charge in [0.1, 0.15) is 18.0 Å². The topological polar surface area (TPSA) is 63.6 Å². The Balaban J connectivity index is 2.19. The van der Waals surface area contributed by atoms with Crippen molar-refractivity contribution in [2.45, 2.75) is 19.1 Å². The van der Waals surface area contributed by atoms with Gasteiger partial charge in [0.2, 0.25) is 0 Å². The van der Waals surface area contributed by atoms with E-state index in [1.54, 1.807) is 18.2 Å². The van der Waals surface area contributed by atoms with Gasteiger partial charge in [-0.2, -0.15) is 0 Å². The molecule has 2 unspecified atom stereocenters. The number of hydrogen-bond donors (Lipinski definition) is 1. The standard InChI is InChI=1S/C11H13ClO4S/c1-7-2-3-8(12)4-10(7)16-11-6-17(14,15)5-9(11)13/h2-4,9,11,13H,5-6H2,1H3. The Labute approximate surface area is 105 Å². The zero-order chi connectivity index (χ0) is 12.6. The van der Waals surface area contributed by atoms with Gasteiger partial charge in [-0.15, -0.1) is 0 Å². The molecule has 94 valence electrons. The molecule has 1 heterocycles. The minimum atomic E-state index is -3.20. The first-order valence-corrected chi connectivity index (χ1v) is 7.38. The molecule has 1 saturated heterocycles. The molecule has 2 atom stereocenters. The Morgan fingerprint density at radius 3 is 2.71 bits per heavy atom. The van der Waals surface area contributed by atoms with Gasteiger partial charge in [0, 0.05) is 5.02 Å². The van der Waals surface area contributed by atoms with Gasteiger partial charge in [-0.1, -0.05) is 17.7 Å². The highest BCUT2D eigenvalue weighted by atomic mass is 35.5. The molecule has 1 aromatic carbocycles. The zero-order valence-electron chi connectivity index (χ0n) is 9.26. The second-order valence-corrected chi connectivity index (χ2v) is 6.80. The van der Waals surface area contributed by atoms with Gasteiger partial charge in [-0.25, -0.2) is 8.42 Å². The Hall–Kier alpha value is -0.780. The van der Waals surface area contributed by atoms with Crippen molar-refractivity contribution in [3.8, 4) is 5.75 Å². The molecule has 1 aliphatic heterocycles. The Bertz CT molecular complexity index is 526. The fourth-order valence-electron chi connectivity index (χ4n) is 1.77. The molecule has 1 N–H and O–H groups in total. The Kier molecular flexibility index (Phi) is 3.34. The van der Waals surface area contributed by atoms with Crippen molar-refractivity contribution in [2.75, 3.05) is 11.5 Å². The van der Waals surface area contributed by atoms with Crippen LogP contribution in [0.3, 0.4) is 0 Å². The summed E-state index contributed by atoms with van der Waals surface area (Å²) in [6.45, 7) is 1.83. The second-order valence-electron chi connectivity index (χ2n) is 4.21. The van der Waals surface area contributed by atoms with E-state index in [0.717, 1.165) is 5.56 Å². The lowest BCUT2D eigenvalue weighted by Crippen LogP contribution is -2.30. The maximum atomic E-state index is 11.3. The van der Waals surface area contributed by atoms with Crippen molar-refractivity contribution in [1.29, 1.82) is 0 Å². The normalized spacial score (nSPS) is 27.0. The predicted octanol–water partition coefficient (Wildman–Crippen LogP) is 1.19. The first kappa shape index (κ1) is 12.7. The second kappa shape index (κ2) is 4.48. The van der Waals surface area contributed by atoms with E-state index in [2.05, 4.69) is 0 Å². The van der Waals surface area contributed by atoms with Gasteiger partial charge in [-0.05, 0) is 24.6 Å². The third-order valence-corrected chi connectivity index (χ3v) is 4.62. The number of hydrogen-bond acceptors (Lipinski definition) is 4. The molecule has 1 aromatic rings. The summed E-state index contributed by atoms with van der Waals surface area (Å²) < 4.78 is 28.2. The van der Waals surface area contributed by atoms with Gasteiger partial charge in [0.25, 0.3) is 0 Å². The van der Waals surface area contributed by atoms with Crippen LogP contribution in [-0.2, 0) is 9.84 Å². The first-order chi connectivity index (χ1) is 7.87. The van der Waals surface area contributed by atoms with E-state index in [0.29, 0.717) is 10.8 Å². The van der Waals surface area contributed by atoms with Crippen molar-refractivity contribution in [3.05, 3.63) is 28.8 Å². The van der Waals surface area contributed by atoms with E-state index in [-0.39, 0.29) is 11.5 Å². The molecular weight excluding hydrogens is 264 g/mol. The van der Waals surface area contributed by atoms with Gasteiger partial charge in [0.15, 0.2) is 9.84 Å². The lowest BCUT2D eigenvalue weighted by molar-refractivity contribution is 0.0733. The summed E-state index contributed by atoms with van der Waals surface area (Å²) in [4.78, 5) is 0. The van der Waals surface area contributed by atoms with E-state index in [9.17, 15) is 13.5 Å². The highest BCUT2D eigenvalue weighted by molar-refractivity contribution is 7.91. The summed E-state index contributed by atoms with van der Waals surface area (Å²) in [6.07, 6.45) is -1.68. The molecule has 0 amide bonds. The molecule has 4 nitrogen and oxygen atoms in total. The third kappa shape index (κ3) is 2.91. The highest BCUT2D eigenvalue weighted by Gasteiger charge is 2.38. The first-order valence-electron chi connectivity index (χ1n) is 5.19. The number of halogens is 1. The quantitative estimate of drug-likeness (QED) is 0.881. The molecule has 0 aromatic heterocycles. The number of ether oxygens (including phenoxy) is 1. The molecule has 0 bridgehead atoms. The number of aryl methyl sites for hydroxylation is 1. The van der Waals surface area contributed by atoms with Crippen LogP contribution in [0.2, 0.25) is 5.02 Å². The van der Waals surface area contributed by atoms with Crippen LogP contribution >= 0.6 is 11.6 Å². The van der Waals surface area contributed by atoms with E-state index >= 15 is 0 Å². The van der Waals surface area contributed by atoms with Crippen LogP contribution in [0.5, 0.6) is 5.75 Å². The van der Waals surface area contributed by atoms with Crippen LogP contribution in [0.4, 0.5) is 0 Å². The molecule has 17 heavy (non-hydrogen) atoms. The molecule has 0 aliphatic carbocycles. The van der Waals surface area contributed by atoms with Crippen LogP contribution in [0.1, 0.15) is 5.56 Å². The van der Waals surface area contributed by atoms with Crippen LogP contribution in [0.25, 0.3) is 0 Å². The number of sulfone groups is 1. The molecule has 2 rings (SSSR count). The average molecular weight is 277 g/mol. The van der Waals surface area contributed by atoms with E-state index < -0.39 is 22.0 Å². The lowest BCUT2D eigenvalue weighted by atomic mass is 10.2. The highest BCUT2D eigenvalue weighted by Crippen LogP contribution is 2.26. The van der Waals surface area contributed by atoms with Gasteiger partial charge < -0.3 is 9.84 Å². The van der Waals surface area contributed by atoms with Crippen LogP contribution in [-0.4, -0.2) is 37.2 Å². The summed E-state index contributed by atoms with van der Waals surface area (Å²) in [5, 5.41) is 10.1. The van der Waals surface area contributed by atoms with E-state index in [1.165, 1.54) is 0 Å². The Morgan fingerprint density at radius 2 is 2.12 bits per heavy atom. The Morgan fingerprint density at radius 1 is 1.41 bits per heavy atom. The zero-order valence-corrected chi connectivity index (χ0v) is 10.8. The van der Waals surface area contributed by atoms with Crippen molar-refractivity contribution in [1.82, 2.24) is 0 Å². The number of aliphatic hydroxyl groups excluding tert-OH is 1. The molecule has 0 radical (unpaired) electrons. The van der Waals surface area contributed by atoms with Crippen molar-refractivity contribution in [2.24, 2.45) is 0 Å². The van der Waals surface area contributed by atoms with Gasteiger partial charge in [0.05, 0.1) is 11.5 Å². The fourth-order valence-corrected chi connectivity index (χ4v) is 3.60.